The van der Waals surface area contributed by atoms with E-state index in [0.717, 1.165) is 25.9 Å². The first-order valence-corrected chi connectivity index (χ1v) is 4.21. The molecule has 0 aromatic carbocycles. The molecule has 0 unspecified atom stereocenters. The fourth-order valence-electron chi connectivity index (χ4n) is 1.26. The average Bonchev–Trinajstić information content (AvgIpc) is 2.07. The third-order valence-electron chi connectivity index (χ3n) is 1.98. The number of halogens is 1. The van der Waals surface area contributed by atoms with Gasteiger partial charge >= 0.3 is 0 Å². The fraction of sp³-hybridized carbons (Fsp3) is 0.625. The molecule has 0 bridgehead atoms. The number of nitrogens with zero attached hydrogens (tertiary/aromatic N) is 2. The second-order valence-corrected chi connectivity index (χ2v) is 2.97. The molecule has 60 valence electrons. The Morgan fingerprint density at radius 1 is 1.45 bits per heavy atom. The monoisotopic (exact) mass is 170 g/mol. The van der Waals surface area contributed by atoms with Crippen molar-refractivity contribution in [3.8, 4) is 6.07 Å². The second-order valence-electron chi connectivity index (χ2n) is 2.71. The molecule has 1 heterocycles. The van der Waals surface area contributed by atoms with Crippen molar-refractivity contribution >= 4 is 11.6 Å². The third-order valence-corrected chi connectivity index (χ3v) is 2.09. The van der Waals surface area contributed by atoms with Crippen LogP contribution in [0, 0.1) is 17.2 Å². The van der Waals surface area contributed by atoms with Crippen molar-refractivity contribution < 1.29 is 0 Å². The number of hydrogen-bond acceptors (Lipinski definition) is 2. The SMILES string of the molecule is N#CC1CCN(C=CCl)CC1. The summed E-state index contributed by atoms with van der Waals surface area (Å²) >= 11 is 5.42. The Morgan fingerprint density at radius 3 is 2.55 bits per heavy atom. The van der Waals surface area contributed by atoms with Crippen molar-refractivity contribution in [2.75, 3.05) is 13.1 Å². The number of nitriles is 1. The minimum atomic E-state index is 0.259. The highest BCUT2D eigenvalue weighted by Gasteiger charge is 2.15. The molecule has 1 aliphatic rings. The molecule has 1 fully saturated rings. The number of hydrogen-bond donors (Lipinski definition) is 0. The summed E-state index contributed by atoms with van der Waals surface area (Å²) in [5.41, 5.74) is 1.52. The third kappa shape index (κ3) is 2.44. The molecular formula is C8H11ClN2. The molecule has 2 nitrogen and oxygen atoms in total. The molecule has 0 aromatic heterocycles. The van der Waals surface area contributed by atoms with Crippen molar-refractivity contribution in [1.29, 1.82) is 5.26 Å². The van der Waals surface area contributed by atoms with E-state index in [4.69, 9.17) is 16.9 Å². The molecule has 0 atom stereocenters. The summed E-state index contributed by atoms with van der Waals surface area (Å²) < 4.78 is 0. The molecule has 0 radical (unpaired) electrons. The van der Waals surface area contributed by atoms with Gasteiger partial charge in [0.15, 0.2) is 0 Å². The van der Waals surface area contributed by atoms with Crippen LogP contribution in [0.3, 0.4) is 0 Å². The molecule has 11 heavy (non-hydrogen) atoms. The summed E-state index contributed by atoms with van der Waals surface area (Å²) in [6.45, 7) is 1.92. The lowest BCUT2D eigenvalue weighted by Crippen LogP contribution is -2.28. The molecule has 0 N–H and O–H groups in total. The van der Waals surface area contributed by atoms with Crippen LogP contribution in [0.5, 0.6) is 0 Å². The summed E-state index contributed by atoms with van der Waals surface area (Å²) in [5.74, 6) is 0.259. The first kappa shape index (κ1) is 8.42. The van der Waals surface area contributed by atoms with Gasteiger partial charge in [-0.3, -0.25) is 0 Å². The van der Waals surface area contributed by atoms with Crippen LogP contribution >= 0.6 is 11.6 Å². The van der Waals surface area contributed by atoms with Crippen LogP contribution in [0.4, 0.5) is 0 Å². The van der Waals surface area contributed by atoms with E-state index in [2.05, 4.69) is 11.0 Å². The quantitative estimate of drug-likeness (QED) is 0.602. The lowest BCUT2D eigenvalue weighted by Gasteiger charge is -2.27. The zero-order valence-electron chi connectivity index (χ0n) is 6.33. The van der Waals surface area contributed by atoms with Crippen LogP contribution in [-0.4, -0.2) is 18.0 Å². The van der Waals surface area contributed by atoms with Gasteiger partial charge in [-0.05, 0) is 12.8 Å². The van der Waals surface area contributed by atoms with Gasteiger partial charge in [-0.15, -0.1) is 0 Å². The van der Waals surface area contributed by atoms with Gasteiger partial charge in [-0.2, -0.15) is 5.26 Å². The lowest BCUT2D eigenvalue weighted by molar-refractivity contribution is 0.275. The topological polar surface area (TPSA) is 27.0 Å². The number of rotatable bonds is 1. The van der Waals surface area contributed by atoms with Gasteiger partial charge < -0.3 is 4.90 Å². The number of likely N-dealkylation sites (tertiary alicyclic amines) is 1. The zero-order chi connectivity index (χ0) is 8.10. The Hall–Kier alpha value is -0.680. The van der Waals surface area contributed by atoms with Gasteiger partial charge in [-0.25, -0.2) is 0 Å². The summed E-state index contributed by atoms with van der Waals surface area (Å²) in [5, 5.41) is 8.59. The maximum Gasteiger partial charge on any atom is 0.0657 e. The van der Waals surface area contributed by atoms with E-state index in [0.29, 0.717) is 0 Å². The van der Waals surface area contributed by atoms with Gasteiger partial charge in [0.2, 0.25) is 0 Å². The molecule has 1 saturated heterocycles. The molecule has 0 saturated carbocycles. The minimum absolute atomic E-state index is 0.259. The highest BCUT2D eigenvalue weighted by atomic mass is 35.5. The summed E-state index contributed by atoms with van der Waals surface area (Å²) in [7, 11) is 0. The Labute approximate surface area is 72.1 Å². The Balaban J connectivity index is 2.31. The number of piperidine rings is 1. The summed E-state index contributed by atoms with van der Waals surface area (Å²) in [6, 6.07) is 2.28. The lowest BCUT2D eigenvalue weighted by atomic mass is 9.99. The van der Waals surface area contributed by atoms with E-state index in [9.17, 15) is 0 Å². The molecule has 0 spiro atoms. The largest absolute Gasteiger partial charge is 0.377 e. The highest BCUT2D eigenvalue weighted by Crippen LogP contribution is 2.15. The van der Waals surface area contributed by atoms with Crippen molar-refractivity contribution in [3.05, 3.63) is 11.7 Å². The maximum absolute atomic E-state index is 8.59. The predicted octanol–water partition coefficient (Wildman–Crippen LogP) is 1.93. The van der Waals surface area contributed by atoms with Crippen LogP contribution in [-0.2, 0) is 0 Å². The minimum Gasteiger partial charge on any atom is -0.377 e. The van der Waals surface area contributed by atoms with Crippen molar-refractivity contribution in [2.45, 2.75) is 12.8 Å². The standard InChI is InChI=1S/C8H11ClN2/c9-3-6-11-4-1-8(7-10)2-5-11/h3,6,8H,1-2,4-5H2. The Morgan fingerprint density at radius 2 is 2.09 bits per heavy atom. The van der Waals surface area contributed by atoms with Crippen LogP contribution in [0.1, 0.15) is 12.8 Å². The summed E-state index contributed by atoms with van der Waals surface area (Å²) in [4.78, 5) is 2.14. The van der Waals surface area contributed by atoms with Gasteiger partial charge in [0, 0.05) is 30.7 Å². The van der Waals surface area contributed by atoms with E-state index in [1.165, 1.54) is 5.54 Å². The first-order chi connectivity index (χ1) is 5.36. The molecule has 0 amide bonds. The summed E-state index contributed by atoms with van der Waals surface area (Å²) in [6.07, 6.45) is 3.81. The second kappa shape index (κ2) is 4.25. The first-order valence-electron chi connectivity index (χ1n) is 3.77. The van der Waals surface area contributed by atoms with E-state index in [1.54, 1.807) is 0 Å². The van der Waals surface area contributed by atoms with Crippen molar-refractivity contribution in [2.24, 2.45) is 5.92 Å². The predicted molar refractivity (Wildman–Crippen MR) is 44.9 cm³/mol. The van der Waals surface area contributed by atoms with Crippen LogP contribution in [0.2, 0.25) is 0 Å². The molecular weight excluding hydrogens is 160 g/mol. The smallest absolute Gasteiger partial charge is 0.0657 e. The zero-order valence-corrected chi connectivity index (χ0v) is 7.09. The van der Waals surface area contributed by atoms with Gasteiger partial charge in [0.25, 0.3) is 0 Å². The molecule has 1 rings (SSSR count). The van der Waals surface area contributed by atoms with Crippen molar-refractivity contribution in [1.82, 2.24) is 4.90 Å². The van der Waals surface area contributed by atoms with E-state index in [-0.39, 0.29) is 5.92 Å². The van der Waals surface area contributed by atoms with Crippen LogP contribution in [0.25, 0.3) is 0 Å². The van der Waals surface area contributed by atoms with Crippen LogP contribution < -0.4 is 0 Å². The van der Waals surface area contributed by atoms with Crippen LogP contribution in [0.15, 0.2) is 11.7 Å². The normalized spacial score (nSPS) is 20.5. The Kier molecular flexibility index (Phi) is 3.25. The molecule has 1 aliphatic heterocycles. The van der Waals surface area contributed by atoms with Gasteiger partial charge in [0.05, 0.1) is 6.07 Å². The molecule has 0 aliphatic carbocycles. The maximum atomic E-state index is 8.59. The fourth-order valence-corrected chi connectivity index (χ4v) is 1.42. The molecule has 3 heteroatoms. The van der Waals surface area contributed by atoms with E-state index >= 15 is 0 Å². The van der Waals surface area contributed by atoms with Gasteiger partial charge in [-0.1, -0.05) is 11.6 Å². The van der Waals surface area contributed by atoms with Crippen molar-refractivity contribution in [3.63, 3.8) is 0 Å². The van der Waals surface area contributed by atoms with Gasteiger partial charge in [0.1, 0.15) is 0 Å². The Bertz CT molecular complexity index is 175. The van der Waals surface area contributed by atoms with E-state index < -0.39 is 0 Å². The highest BCUT2D eigenvalue weighted by molar-refractivity contribution is 6.25. The molecule has 0 aromatic rings. The average molecular weight is 171 g/mol. The van der Waals surface area contributed by atoms with E-state index in [1.807, 2.05) is 6.20 Å².